The van der Waals surface area contributed by atoms with Crippen molar-refractivity contribution >= 4 is 12.8 Å². The van der Waals surface area contributed by atoms with Gasteiger partial charge in [-0.3, -0.25) is 0 Å². The maximum atomic E-state index is 4.20. The average Bonchev–Trinajstić information content (AvgIpc) is 2.93. The lowest BCUT2D eigenvalue weighted by atomic mass is 9.96. The van der Waals surface area contributed by atoms with Gasteiger partial charge < -0.3 is 4.72 Å². The molecule has 1 saturated carbocycles. The van der Waals surface area contributed by atoms with E-state index in [1.165, 1.54) is 30.5 Å². The highest BCUT2D eigenvalue weighted by Gasteiger charge is 2.52. The minimum absolute atomic E-state index is 0.420. The van der Waals surface area contributed by atoms with Crippen LogP contribution in [0.3, 0.4) is 0 Å². The molecule has 0 aliphatic heterocycles. The molecule has 1 N–H and O–H groups in total. The maximum absolute atomic E-state index is 4.20. The van der Waals surface area contributed by atoms with Gasteiger partial charge in [-0.15, -0.1) is 0 Å². The van der Waals surface area contributed by atoms with Crippen LogP contribution in [-0.2, 0) is 0 Å². The Morgan fingerprint density at radius 2 is 2.13 bits per heavy atom. The van der Waals surface area contributed by atoms with Crippen molar-refractivity contribution in [2.45, 2.75) is 19.3 Å². The molecule has 2 aliphatic carbocycles. The molecule has 0 radical (unpaired) electrons. The molecule has 15 heavy (non-hydrogen) atoms. The minimum Gasteiger partial charge on any atom is -0.335 e. The second-order valence-corrected chi connectivity index (χ2v) is 4.58. The fourth-order valence-electron chi connectivity index (χ4n) is 2.59. The van der Waals surface area contributed by atoms with Crippen LogP contribution in [0.5, 0.6) is 0 Å². The molecule has 80 valence electrons. The van der Waals surface area contributed by atoms with E-state index in [2.05, 4.69) is 36.8 Å². The largest absolute Gasteiger partial charge is 0.335 e. The molecule has 1 fully saturated rings. The molecule has 2 aliphatic rings. The Labute approximate surface area is 97.2 Å². The first kappa shape index (κ1) is 10.6. The van der Waals surface area contributed by atoms with Crippen LogP contribution in [-0.4, -0.2) is 0 Å². The summed E-state index contributed by atoms with van der Waals surface area (Å²) in [6, 6.07) is 0. The maximum Gasteiger partial charge on any atom is 0.0315 e. The Balaban J connectivity index is 2.30. The van der Waals surface area contributed by atoms with E-state index in [0.29, 0.717) is 11.3 Å². The van der Waals surface area contributed by atoms with Crippen LogP contribution in [0, 0.1) is 11.3 Å². The number of hydrogen-bond acceptors (Lipinski definition) is 2. The zero-order valence-electron chi connectivity index (χ0n) is 8.87. The molecule has 0 aromatic carbocycles. The summed E-state index contributed by atoms with van der Waals surface area (Å²) in [5.74, 6) is 0.455. The van der Waals surface area contributed by atoms with Crippen LogP contribution in [0.15, 0.2) is 48.7 Å². The molecule has 1 spiro atoms. The Kier molecular flexibility index (Phi) is 2.79. The molecular formula is C13H17NS. The quantitative estimate of drug-likeness (QED) is 0.545. The molecule has 1 atom stereocenters. The van der Waals surface area contributed by atoms with Crippen molar-refractivity contribution in [2.24, 2.45) is 11.3 Å². The lowest BCUT2D eigenvalue weighted by Crippen LogP contribution is -2.06. The van der Waals surface area contributed by atoms with Gasteiger partial charge in [0.2, 0.25) is 0 Å². The number of thiol groups is 1. The summed E-state index contributed by atoms with van der Waals surface area (Å²) >= 11 is 4.20. The highest BCUT2D eigenvalue weighted by molar-refractivity contribution is 7.78. The van der Waals surface area contributed by atoms with Gasteiger partial charge in [0.1, 0.15) is 0 Å². The molecule has 0 aromatic heterocycles. The van der Waals surface area contributed by atoms with Crippen molar-refractivity contribution in [1.29, 1.82) is 0 Å². The van der Waals surface area contributed by atoms with Gasteiger partial charge in [-0.1, -0.05) is 50.3 Å². The van der Waals surface area contributed by atoms with E-state index in [1.807, 2.05) is 18.2 Å². The van der Waals surface area contributed by atoms with Crippen molar-refractivity contribution in [2.75, 3.05) is 0 Å². The average molecular weight is 219 g/mol. The molecule has 0 bridgehead atoms. The third-order valence-corrected chi connectivity index (χ3v) is 3.74. The van der Waals surface area contributed by atoms with Crippen molar-refractivity contribution in [3.8, 4) is 0 Å². The van der Waals surface area contributed by atoms with Crippen LogP contribution in [0.25, 0.3) is 0 Å². The third-order valence-electron chi connectivity index (χ3n) is 3.50. The van der Waals surface area contributed by atoms with Crippen molar-refractivity contribution in [1.82, 2.24) is 4.72 Å². The number of rotatable bonds is 4. The van der Waals surface area contributed by atoms with E-state index >= 15 is 0 Å². The summed E-state index contributed by atoms with van der Waals surface area (Å²) in [4.78, 5) is 0. The van der Waals surface area contributed by atoms with Gasteiger partial charge in [0, 0.05) is 11.6 Å². The van der Waals surface area contributed by atoms with E-state index in [4.69, 9.17) is 0 Å². The molecule has 0 heterocycles. The Morgan fingerprint density at radius 3 is 2.60 bits per heavy atom. The van der Waals surface area contributed by atoms with Gasteiger partial charge in [-0.25, -0.2) is 0 Å². The smallest absolute Gasteiger partial charge is 0.0315 e. The van der Waals surface area contributed by atoms with Crippen LogP contribution in [0.4, 0.5) is 0 Å². The molecule has 0 amide bonds. The van der Waals surface area contributed by atoms with Gasteiger partial charge in [0.25, 0.3) is 0 Å². The highest BCUT2D eigenvalue weighted by Crippen LogP contribution is 2.62. The summed E-state index contributed by atoms with van der Waals surface area (Å²) in [6.07, 6.45) is 11.8. The zero-order chi connectivity index (χ0) is 10.9. The summed E-state index contributed by atoms with van der Waals surface area (Å²) in [5.41, 5.74) is 3.02. The Bertz CT molecular complexity index is 348. The van der Waals surface area contributed by atoms with Crippen LogP contribution >= 0.6 is 12.8 Å². The molecular weight excluding hydrogens is 202 g/mol. The SMILES string of the molecule is C=C/C=C\C1CC2(CC2)C(C=C)=C1NS. The number of allylic oxidation sites excluding steroid dienone is 5. The van der Waals surface area contributed by atoms with Crippen LogP contribution < -0.4 is 4.72 Å². The normalized spacial score (nSPS) is 27.4. The van der Waals surface area contributed by atoms with Gasteiger partial charge in [0.15, 0.2) is 0 Å². The number of nitrogens with one attached hydrogen (secondary N) is 1. The zero-order valence-corrected chi connectivity index (χ0v) is 9.76. The minimum atomic E-state index is 0.420. The van der Waals surface area contributed by atoms with Crippen molar-refractivity contribution < 1.29 is 0 Å². The monoisotopic (exact) mass is 219 g/mol. The van der Waals surface area contributed by atoms with E-state index in [0.717, 1.165) is 0 Å². The fraction of sp³-hybridized carbons (Fsp3) is 0.385. The van der Waals surface area contributed by atoms with Gasteiger partial charge in [0.05, 0.1) is 0 Å². The lowest BCUT2D eigenvalue weighted by molar-refractivity contribution is 0.551. The van der Waals surface area contributed by atoms with Crippen LogP contribution in [0.2, 0.25) is 0 Å². The second-order valence-electron chi connectivity index (χ2n) is 4.35. The second kappa shape index (κ2) is 3.93. The lowest BCUT2D eigenvalue weighted by Gasteiger charge is -2.08. The highest BCUT2D eigenvalue weighted by atomic mass is 32.1. The van der Waals surface area contributed by atoms with E-state index in [1.54, 1.807) is 0 Å². The molecule has 2 heteroatoms. The molecule has 0 saturated heterocycles. The van der Waals surface area contributed by atoms with Gasteiger partial charge in [-0.05, 0) is 30.3 Å². The van der Waals surface area contributed by atoms with Gasteiger partial charge in [-0.2, -0.15) is 0 Å². The predicted octanol–water partition coefficient (Wildman–Crippen LogP) is 3.40. The van der Waals surface area contributed by atoms with Crippen molar-refractivity contribution in [3.63, 3.8) is 0 Å². The first-order chi connectivity index (χ1) is 7.27. The standard InChI is InChI=1S/C13H17NS/c1-3-5-6-10-9-13(7-8-13)11(4-2)12(10)14-15/h3-6,10,14-15H,1-2,7-9H2/b6-5-. The Morgan fingerprint density at radius 1 is 1.40 bits per heavy atom. The van der Waals surface area contributed by atoms with Gasteiger partial charge >= 0.3 is 0 Å². The van der Waals surface area contributed by atoms with E-state index in [-0.39, 0.29) is 0 Å². The summed E-state index contributed by atoms with van der Waals surface area (Å²) in [7, 11) is 0. The first-order valence-electron chi connectivity index (χ1n) is 5.34. The summed E-state index contributed by atoms with van der Waals surface area (Å²) in [6.45, 7) is 7.62. The molecule has 1 unspecified atom stereocenters. The van der Waals surface area contributed by atoms with Crippen molar-refractivity contribution in [3.05, 3.63) is 48.7 Å². The third kappa shape index (κ3) is 1.67. The molecule has 1 nitrogen and oxygen atoms in total. The summed E-state index contributed by atoms with van der Waals surface area (Å²) in [5, 5.41) is 0. The Hall–Kier alpha value is -0.890. The van der Waals surface area contributed by atoms with Crippen LogP contribution in [0.1, 0.15) is 19.3 Å². The fourth-order valence-corrected chi connectivity index (χ4v) is 2.88. The number of hydrogen-bond donors (Lipinski definition) is 2. The topological polar surface area (TPSA) is 12.0 Å². The molecule has 2 rings (SSSR count). The summed E-state index contributed by atoms with van der Waals surface area (Å²) < 4.78 is 3.04. The van der Waals surface area contributed by atoms with E-state index in [9.17, 15) is 0 Å². The first-order valence-corrected chi connectivity index (χ1v) is 5.78. The van der Waals surface area contributed by atoms with E-state index < -0.39 is 0 Å². The predicted molar refractivity (Wildman–Crippen MR) is 68.5 cm³/mol. The molecule has 0 aromatic rings.